The summed E-state index contributed by atoms with van der Waals surface area (Å²) in [6, 6.07) is 8.40. The molecule has 2 rings (SSSR count). The number of rotatable bonds is 6. The first-order valence-electron chi connectivity index (χ1n) is 7.60. The van der Waals surface area contributed by atoms with Crippen molar-refractivity contribution < 1.29 is 9.84 Å². The van der Waals surface area contributed by atoms with E-state index in [1.807, 2.05) is 0 Å². The highest BCUT2D eigenvalue weighted by atomic mass is 16.5. The molecule has 20 heavy (non-hydrogen) atoms. The van der Waals surface area contributed by atoms with Crippen molar-refractivity contribution in [3.8, 4) is 0 Å². The van der Waals surface area contributed by atoms with Crippen LogP contribution >= 0.6 is 0 Å². The highest BCUT2D eigenvalue weighted by Gasteiger charge is 2.24. The van der Waals surface area contributed by atoms with Crippen LogP contribution in [0.3, 0.4) is 0 Å². The molecule has 0 radical (unpaired) electrons. The molecule has 2 atom stereocenters. The normalized spacial score (nSPS) is 21.6. The molecule has 112 valence electrons. The maximum atomic E-state index is 10.3. The summed E-state index contributed by atoms with van der Waals surface area (Å²) in [4.78, 5) is 2.28. The molecule has 1 N–H and O–H groups in total. The number of aliphatic hydroxyl groups is 1. The van der Waals surface area contributed by atoms with Gasteiger partial charge in [-0.1, -0.05) is 38.1 Å². The Bertz CT molecular complexity index is 402. The van der Waals surface area contributed by atoms with Gasteiger partial charge in [-0.05, 0) is 29.9 Å². The van der Waals surface area contributed by atoms with Crippen LogP contribution in [-0.4, -0.2) is 42.9 Å². The van der Waals surface area contributed by atoms with Crippen molar-refractivity contribution in [2.75, 3.05) is 26.7 Å². The van der Waals surface area contributed by atoms with E-state index in [4.69, 9.17) is 4.74 Å². The molecule has 1 saturated heterocycles. The fourth-order valence-corrected chi connectivity index (χ4v) is 2.85. The number of hydrogen-bond donors (Lipinski definition) is 1. The second kappa shape index (κ2) is 7.21. The Labute approximate surface area is 122 Å². The lowest BCUT2D eigenvalue weighted by Gasteiger charge is -2.20. The molecule has 1 heterocycles. The first-order valence-corrected chi connectivity index (χ1v) is 7.60. The van der Waals surface area contributed by atoms with Gasteiger partial charge < -0.3 is 9.84 Å². The van der Waals surface area contributed by atoms with E-state index < -0.39 is 6.10 Å². The molecule has 1 aromatic carbocycles. The molecule has 0 saturated carbocycles. The van der Waals surface area contributed by atoms with Crippen LogP contribution in [0.25, 0.3) is 0 Å². The van der Waals surface area contributed by atoms with E-state index in [-0.39, 0.29) is 0 Å². The Morgan fingerprint density at radius 2 is 2.00 bits per heavy atom. The van der Waals surface area contributed by atoms with Crippen LogP contribution in [0.1, 0.15) is 37.5 Å². The molecule has 1 fully saturated rings. The molecule has 0 bridgehead atoms. The lowest BCUT2D eigenvalue weighted by atomic mass is 10.00. The van der Waals surface area contributed by atoms with Gasteiger partial charge in [0.15, 0.2) is 0 Å². The molecule has 0 aliphatic carbocycles. The lowest BCUT2D eigenvalue weighted by Crippen LogP contribution is -2.27. The zero-order valence-electron chi connectivity index (χ0n) is 12.9. The first-order chi connectivity index (χ1) is 9.58. The van der Waals surface area contributed by atoms with Crippen molar-refractivity contribution in [1.82, 2.24) is 4.90 Å². The highest BCUT2D eigenvalue weighted by molar-refractivity contribution is 5.24. The Hall–Kier alpha value is -0.900. The maximum Gasteiger partial charge on any atom is 0.0916 e. The number of methoxy groups -OCH3 is 1. The fraction of sp³-hybridized carbons (Fsp3) is 0.647. The van der Waals surface area contributed by atoms with Gasteiger partial charge in [-0.15, -0.1) is 0 Å². The average molecular weight is 277 g/mol. The summed E-state index contributed by atoms with van der Waals surface area (Å²) >= 11 is 0. The number of nitrogens with zero attached hydrogens (tertiary/aromatic N) is 1. The Balaban J connectivity index is 1.87. The molecule has 1 aliphatic heterocycles. The quantitative estimate of drug-likeness (QED) is 0.867. The third kappa shape index (κ3) is 4.30. The number of ether oxygens (including phenoxy) is 1. The minimum absolute atomic E-state index is 0.329. The predicted molar refractivity (Wildman–Crippen MR) is 81.8 cm³/mol. The van der Waals surface area contributed by atoms with Crippen LogP contribution in [0, 0.1) is 5.92 Å². The Morgan fingerprint density at radius 1 is 1.30 bits per heavy atom. The predicted octanol–water partition coefficient (Wildman–Crippen LogP) is 2.64. The van der Waals surface area contributed by atoms with Gasteiger partial charge in [-0.2, -0.15) is 0 Å². The van der Waals surface area contributed by atoms with E-state index in [9.17, 15) is 5.11 Å². The van der Waals surface area contributed by atoms with Gasteiger partial charge in [0.2, 0.25) is 0 Å². The van der Waals surface area contributed by atoms with Crippen molar-refractivity contribution in [2.45, 2.75) is 38.9 Å². The lowest BCUT2D eigenvalue weighted by molar-refractivity contribution is 0.0898. The van der Waals surface area contributed by atoms with Crippen molar-refractivity contribution in [1.29, 1.82) is 0 Å². The van der Waals surface area contributed by atoms with E-state index in [2.05, 4.69) is 43.0 Å². The van der Waals surface area contributed by atoms with Crippen LogP contribution in [-0.2, 0) is 11.2 Å². The number of hydrogen-bond acceptors (Lipinski definition) is 3. The zero-order chi connectivity index (χ0) is 14.5. The van der Waals surface area contributed by atoms with Gasteiger partial charge in [-0.3, -0.25) is 4.90 Å². The van der Waals surface area contributed by atoms with E-state index in [0.717, 1.165) is 31.5 Å². The summed E-state index contributed by atoms with van der Waals surface area (Å²) in [6.07, 6.45) is 2.09. The third-order valence-corrected chi connectivity index (χ3v) is 4.00. The summed E-state index contributed by atoms with van der Waals surface area (Å²) in [5, 5.41) is 10.3. The van der Waals surface area contributed by atoms with Crippen LogP contribution < -0.4 is 0 Å². The second-order valence-corrected chi connectivity index (χ2v) is 6.26. The first kappa shape index (κ1) is 15.5. The number of benzene rings is 1. The zero-order valence-corrected chi connectivity index (χ0v) is 12.9. The second-order valence-electron chi connectivity index (χ2n) is 6.26. The standard InChI is InChI=1S/C17H27NO2/c1-13(2)10-14-4-6-15(7-5-14)17(19)12-18-9-8-16(11-18)20-3/h4-7,13,16-17,19H,8-12H2,1-3H3. The maximum absolute atomic E-state index is 10.3. The molecule has 0 aromatic heterocycles. The molecule has 1 aliphatic rings. The molecule has 1 aromatic rings. The van der Waals surface area contributed by atoms with E-state index >= 15 is 0 Å². The van der Waals surface area contributed by atoms with E-state index in [0.29, 0.717) is 18.6 Å². The number of aliphatic hydroxyl groups excluding tert-OH is 1. The topological polar surface area (TPSA) is 32.7 Å². The Morgan fingerprint density at radius 3 is 2.55 bits per heavy atom. The number of likely N-dealkylation sites (tertiary alicyclic amines) is 1. The Kier molecular flexibility index (Phi) is 5.58. The minimum atomic E-state index is -0.404. The summed E-state index contributed by atoms with van der Waals surface area (Å²) in [6.45, 7) is 7.09. The molecular weight excluding hydrogens is 250 g/mol. The largest absolute Gasteiger partial charge is 0.387 e. The smallest absolute Gasteiger partial charge is 0.0916 e. The van der Waals surface area contributed by atoms with Gasteiger partial charge >= 0.3 is 0 Å². The molecule has 3 heteroatoms. The van der Waals surface area contributed by atoms with E-state index in [1.54, 1.807) is 7.11 Å². The summed E-state index contributed by atoms with van der Waals surface area (Å²) < 4.78 is 5.36. The summed E-state index contributed by atoms with van der Waals surface area (Å²) in [5.41, 5.74) is 2.36. The van der Waals surface area contributed by atoms with Gasteiger partial charge in [0, 0.05) is 26.7 Å². The van der Waals surface area contributed by atoms with Gasteiger partial charge in [-0.25, -0.2) is 0 Å². The minimum Gasteiger partial charge on any atom is -0.387 e. The van der Waals surface area contributed by atoms with Crippen LogP contribution in [0.4, 0.5) is 0 Å². The molecule has 0 amide bonds. The SMILES string of the molecule is COC1CCN(CC(O)c2ccc(CC(C)C)cc2)C1. The van der Waals surface area contributed by atoms with Gasteiger partial charge in [0.05, 0.1) is 12.2 Å². The molecular formula is C17H27NO2. The number of β-amino-alcohol motifs (C(OH)–C–C–N with tert-alkyl or cyclic N) is 1. The van der Waals surface area contributed by atoms with Gasteiger partial charge in [0.1, 0.15) is 0 Å². The summed E-state index contributed by atoms with van der Waals surface area (Å²) in [5.74, 6) is 0.668. The van der Waals surface area contributed by atoms with Crippen molar-refractivity contribution >= 4 is 0 Å². The van der Waals surface area contributed by atoms with Crippen molar-refractivity contribution in [2.24, 2.45) is 5.92 Å². The van der Waals surface area contributed by atoms with Crippen molar-refractivity contribution in [3.05, 3.63) is 35.4 Å². The van der Waals surface area contributed by atoms with Crippen molar-refractivity contribution in [3.63, 3.8) is 0 Å². The monoisotopic (exact) mass is 277 g/mol. The van der Waals surface area contributed by atoms with Crippen LogP contribution in [0.15, 0.2) is 24.3 Å². The van der Waals surface area contributed by atoms with Crippen LogP contribution in [0.5, 0.6) is 0 Å². The average Bonchev–Trinajstić information content (AvgIpc) is 2.86. The highest BCUT2D eigenvalue weighted by Crippen LogP contribution is 2.20. The van der Waals surface area contributed by atoms with Crippen LogP contribution in [0.2, 0.25) is 0 Å². The molecule has 0 spiro atoms. The summed E-state index contributed by atoms with van der Waals surface area (Å²) in [7, 11) is 1.76. The van der Waals surface area contributed by atoms with E-state index in [1.165, 1.54) is 5.56 Å². The molecule has 2 unspecified atom stereocenters. The fourth-order valence-electron chi connectivity index (χ4n) is 2.85. The third-order valence-electron chi connectivity index (χ3n) is 4.00. The van der Waals surface area contributed by atoms with Gasteiger partial charge in [0.25, 0.3) is 0 Å². The molecule has 3 nitrogen and oxygen atoms in total.